The maximum atomic E-state index is 14.4. The maximum Gasteiger partial charge on any atom is 0.254 e. The monoisotopic (exact) mass is 322 g/mol. The van der Waals surface area contributed by atoms with E-state index >= 15 is 0 Å². The number of aldehydes is 1. The third-order valence-electron chi connectivity index (χ3n) is 4.03. The number of halogens is 1. The number of anilines is 1. The van der Waals surface area contributed by atoms with Crippen LogP contribution in [0.5, 0.6) is 0 Å². The lowest BCUT2D eigenvalue weighted by atomic mass is 10.0. The number of carbonyl (C=O) groups is 2. The molecule has 1 saturated heterocycles. The molecule has 0 aliphatic carbocycles. The van der Waals surface area contributed by atoms with Gasteiger partial charge < -0.3 is 19.7 Å². The zero-order chi connectivity index (χ0) is 16.8. The van der Waals surface area contributed by atoms with Gasteiger partial charge in [0.25, 0.3) is 5.91 Å². The molecule has 0 aromatic heterocycles. The van der Waals surface area contributed by atoms with Crippen LogP contribution in [-0.4, -0.2) is 44.5 Å². The number of carbonyl (C=O) groups excluding carboxylic acids is 2. The van der Waals surface area contributed by atoms with Gasteiger partial charge in [-0.3, -0.25) is 4.79 Å². The fraction of sp³-hybridized carbons (Fsp3) is 0.529. The van der Waals surface area contributed by atoms with E-state index in [1.807, 2.05) is 6.07 Å². The number of ether oxygens (including phenoxy) is 1. The molecule has 1 fully saturated rings. The third kappa shape index (κ3) is 4.07. The number of morpholine rings is 1. The SMILES string of the molecule is CCC[C@H]1COCCN1c1cc(C)c(C(=O)NCC=O)c(F)c1. The largest absolute Gasteiger partial charge is 0.377 e. The molecule has 1 aliphatic heterocycles. The van der Waals surface area contributed by atoms with Crippen LogP contribution in [0.25, 0.3) is 0 Å². The summed E-state index contributed by atoms with van der Waals surface area (Å²) < 4.78 is 20.0. The highest BCUT2D eigenvalue weighted by atomic mass is 19.1. The molecule has 1 N–H and O–H groups in total. The van der Waals surface area contributed by atoms with Gasteiger partial charge in [-0.05, 0) is 31.0 Å². The Kier molecular flexibility index (Phi) is 6.10. The minimum absolute atomic E-state index is 0.00380. The van der Waals surface area contributed by atoms with Gasteiger partial charge in [-0.1, -0.05) is 13.3 Å². The molecule has 0 unspecified atom stereocenters. The number of hydrogen-bond acceptors (Lipinski definition) is 4. The minimum atomic E-state index is -0.565. The van der Waals surface area contributed by atoms with Crippen molar-refractivity contribution in [3.8, 4) is 0 Å². The van der Waals surface area contributed by atoms with Crippen LogP contribution >= 0.6 is 0 Å². The number of hydrogen-bond donors (Lipinski definition) is 1. The first-order valence-corrected chi connectivity index (χ1v) is 7.94. The van der Waals surface area contributed by atoms with Crippen molar-refractivity contribution in [1.82, 2.24) is 5.32 Å². The second kappa shape index (κ2) is 8.06. The zero-order valence-corrected chi connectivity index (χ0v) is 13.6. The standard InChI is InChI=1S/C17H23FN2O3/c1-3-4-13-11-23-8-6-20(13)14-9-12(2)16(15(18)10-14)17(22)19-5-7-21/h7,9-10,13H,3-6,8,11H2,1-2H3,(H,19,22)/t13-/m0/s1. The number of nitrogens with zero attached hydrogens (tertiary/aromatic N) is 1. The van der Waals surface area contributed by atoms with Gasteiger partial charge in [-0.25, -0.2) is 4.39 Å². The molecule has 6 heteroatoms. The van der Waals surface area contributed by atoms with Crippen molar-refractivity contribution < 1.29 is 18.7 Å². The van der Waals surface area contributed by atoms with Crippen molar-refractivity contribution >= 4 is 17.9 Å². The highest BCUT2D eigenvalue weighted by Gasteiger charge is 2.25. The van der Waals surface area contributed by atoms with Crippen LogP contribution in [-0.2, 0) is 9.53 Å². The summed E-state index contributed by atoms with van der Waals surface area (Å²) in [6, 6.07) is 3.45. The molecular weight excluding hydrogens is 299 g/mol. The first-order chi connectivity index (χ1) is 11.1. The van der Waals surface area contributed by atoms with Crippen LogP contribution in [0.2, 0.25) is 0 Å². The Morgan fingerprint density at radius 1 is 1.52 bits per heavy atom. The average molecular weight is 322 g/mol. The summed E-state index contributed by atoms with van der Waals surface area (Å²) in [6.45, 7) is 5.65. The molecule has 5 nitrogen and oxygen atoms in total. The number of rotatable bonds is 6. The Labute approximate surface area is 135 Å². The molecule has 0 bridgehead atoms. The second-order valence-corrected chi connectivity index (χ2v) is 5.71. The first-order valence-electron chi connectivity index (χ1n) is 7.94. The van der Waals surface area contributed by atoms with Crippen LogP contribution in [0.1, 0.15) is 35.7 Å². The Balaban J connectivity index is 2.27. The highest BCUT2D eigenvalue weighted by Crippen LogP contribution is 2.27. The van der Waals surface area contributed by atoms with E-state index in [0.717, 1.165) is 18.5 Å². The van der Waals surface area contributed by atoms with E-state index in [1.54, 1.807) is 6.92 Å². The minimum Gasteiger partial charge on any atom is -0.377 e. The van der Waals surface area contributed by atoms with Crippen LogP contribution in [0.3, 0.4) is 0 Å². The van der Waals surface area contributed by atoms with Gasteiger partial charge in [-0.2, -0.15) is 0 Å². The smallest absolute Gasteiger partial charge is 0.254 e. The van der Waals surface area contributed by atoms with Crippen LogP contribution in [0, 0.1) is 12.7 Å². The number of nitrogens with one attached hydrogen (secondary N) is 1. The Bertz CT molecular complexity index is 552. The molecule has 126 valence electrons. The summed E-state index contributed by atoms with van der Waals surface area (Å²) in [6.07, 6.45) is 2.57. The van der Waals surface area contributed by atoms with Crippen molar-refractivity contribution in [2.75, 3.05) is 31.2 Å². The van der Waals surface area contributed by atoms with E-state index in [2.05, 4.69) is 17.1 Å². The van der Waals surface area contributed by atoms with E-state index in [-0.39, 0.29) is 18.2 Å². The Hall–Kier alpha value is -1.95. The fourth-order valence-corrected chi connectivity index (χ4v) is 2.97. The van der Waals surface area contributed by atoms with E-state index in [0.29, 0.717) is 31.6 Å². The first kappa shape index (κ1) is 17.4. The van der Waals surface area contributed by atoms with E-state index in [1.165, 1.54) is 6.07 Å². The molecule has 1 atom stereocenters. The topological polar surface area (TPSA) is 58.6 Å². The molecule has 0 spiro atoms. The quantitative estimate of drug-likeness (QED) is 0.815. The van der Waals surface area contributed by atoms with Crippen molar-refractivity contribution in [3.05, 3.63) is 29.1 Å². The van der Waals surface area contributed by atoms with Crippen molar-refractivity contribution in [3.63, 3.8) is 0 Å². The van der Waals surface area contributed by atoms with Gasteiger partial charge in [0.2, 0.25) is 0 Å². The summed E-state index contributed by atoms with van der Waals surface area (Å²) >= 11 is 0. The highest BCUT2D eigenvalue weighted by molar-refractivity contribution is 5.97. The molecule has 2 rings (SSSR count). The lowest BCUT2D eigenvalue weighted by Gasteiger charge is -2.37. The van der Waals surface area contributed by atoms with Gasteiger partial charge in [-0.15, -0.1) is 0 Å². The molecule has 1 aliphatic rings. The predicted molar refractivity (Wildman–Crippen MR) is 86.4 cm³/mol. The lowest BCUT2D eigenvalue weighted by molar-refractivity contribution is -0.107. The molecule has 1 heterocycles. The molecule has 0 radical (unpaired) electrons. The Morgan fingerprint density at radius 2 is 2.30 bits per heavy atom. The summed E-state index contributed by atoms with van der Waals surface area (Å²) in [5, 5.41) is 2.38. The van der Waals surface area contributed by atoms with Gasteiger partial charge >= 0.3 is 0 Å². The maximum absolute atomic E-state index is 14.4. The van der Waals surface area contributed by atoms with Crippen LogP contribution in [0.15, 0.2) is 12.1 Å². The summed E-state index contributed by atoms with van der Waals surface area (Å²) in [5.41, 5.74) is 1.33. The van der Waals surface area contributed by atoms with Gasteiger partial charge in [0.05, 0.1) is 31.4 Å². The Morgan fingerprint density at radius 3 is 2.96 bits per heavy atom. The van der Waals surface area contributed by atoms with Crippen LogP contribution in [0.4, 0.5) is 10.1 Å². The van der Waals surface area contributed by atoms with E-state index in [9.17, 15) is 14.0 Å². The zero-order valence-electron chi connectivity index (χ0n) is 13.6. The van der Waals surface area contributed by atoms with Crippen molar-refractivity contribution in [2.24, 2.45) is 0 Å². The molecule has 1 amide bonds. The molecule has 23 heavy (non-hydrogen) atoms. The molecule has 1 aromatic carbocycles. The predicted octanol–water partition coefficient (Wildman–Crippen LogP) is 2.07. The summed E-state index contributed by atoms with van der Waals surface area (Å²) in [5.74, 6) is -1.13. The number of aryl methyl sites for hydroxylation is 1. The van der Waals surface area contributed by atoms with E-state index in [4.69, 9.17) is 4.74 Å². The van der Waals surface area contributed by atoms with Gasteiger partial charge in [0.15, 0.2) is 0 Å². The van der Waals surface area contributed by atoms with Gasteiger partial charge in [0.1, 0.15) is 12.1 Å². The van der Waals surface area contributed by atoms with Crippen molar-refractivity contribution in [1.29, 1.82) is 0 Å². The second-order valence-electron chi connectivity index (χ2n) is 5.71. The van der Waals surface area contributed by atoms with Gasteiger partial charge in [0, 0.05) is 12.2 Å². The average Bonchev–Trinajstić information content (AvgIpc) is 2.53. The normalized spacial score (nSPS) is 17.9. The number of benzene rings is 1. The molecule has 0 saturated carbocycles. The third-order valence-corrected chi connectivity index (χ3v) is 4.03. The van der Waals surface area contributed by atoms with E-state index < -0.39 is 11.7 Å². The van der Waals surface area contributed by atoms with Crippen LogP contribution < -0.4 is 10.2 Å². The lowest BCUT2D eigenvalue weighted by Crippen LogP contribution is -2.45. The fourth-order valence-electron chi connectivity index (χ4n) is 2.97. The summed E-state index contributed by atoms with van der Waals surface area (Å²) in [7, 11) is 0. The number of amides is 1. The molecule has 1 aromatic rings. The molecular formula is C17H23FN2O3. The summed E-state index contributed by atoms with van der Waals surface area (Å²) in [4.78, 5) is 24.4. The van der Waals surface area contributed by atoms with Crippen molar-refractivity contribution in [2.45, 2.75) is 32.7 Å².